The van der Waals surface area contributed by atoms with Crippen molar-refractivity contribution in [2.75, 3.05) is 0 Å². The van der Waals surface area contributed by atoms with Crippen molar-refractivity contribution in [3.8, 4) is 0 Å². The average molecular weight is 461 g/mol. The van der Waals surface area contributed by atoms with Gasteiger partial charge in [0.1, 0.15) is 6.10 Å². The maximum absolute atomic E-state index is 13.1. The fourth-order valence-corrected chi connectivity index (χ4v) is 6.12. The van der Waals surface area contributed by atoms with Crippen molar-refractivity contribution in [2.24, 2.45) is 5.41 Å². The Morgan fingerprint density at radius 3 is 2.39 bits per heavy atom. The number of aromatic nitrogens is 2. The maximum atomic E-state index is 13.1. The molecule has 2 aromatic rings. The second kappa shape index (κ2) is 7.51. The molecule has 7 heteroatoms. The van der Waals surface area contributed by atoms with Gasteiger partial charge < -0.3 is 9.84 Å². The van der Waals surface area contributed by atoms with Crippen LogP contribution in [0.25, 0.3) is 0 Å². The molecule has 3 aliphatic rings. The number of ether oxygens (including phenoxy) is 1. The lowest BCUT2D eigenvalue weighted by molar-refractivity contribution is -0.137. The number of pyridine rings is 2. The Morgan fingerprint density at radius 1 is 1.12 bits per heavy atom. The van der Waals surface area contributed by atoms with Crippen molar-refractivity contribution >= 4 is 0 Å². The summed E-state index contributed by atoms with van der Waals surface area (Å²) in [6.07, 6.45) is 0.362. The summed E-state index contributed by atoms with van der Waals surface area (Å²) < 4.78 is 46.1. The van der Waals surface area contributed by atoms with Gasteiger partial charge in [-0.25, -0.2) is 0 Å². The van der Waals surface area contributed by atoms with E-state index in [0.717, 1.165) is 72.4 Å². The molecule has 2 aromatic heterocycles. The molecule has 1 N–H and O–H groups in total. The Hall–Kier alpha value is -1.99. The smallest absolute Gasteiger partial charge is 0.388 e. The largest absolute Gasteiger partial charge is 0.417 e. The molecule has 1 saturated carbocycles. The lowest BCUT2D eigenvalue weighted by atomic mass is 9.70. The third-order valence-corrected chi connectivity index (χ3v) is 7.51. The van der Waals surface area contributed by atoms with Crippen molar-refractivity contribution in [1.82, 2.24) is 9.97 Å². The van der Waals surface area contributed by atoms with E-state index in [1.54, 1.807) is 0 Å². The van der Waals surface area contributed by atoms with E-state index in [2.05, 4.69) is 32.7 Å². The van der Waals surface area contributed by atoms with Crippen LogP contribution in [0.3, 0.4) is 0 Å². The van der Waals surface area contributed by atoms with Crippen LogP contribution >= 0.6 is 0 Å². The highest BCUT2D eigenvalue weighted by Crippen LogP contribution is 2.59. The van der Waals surface area contributed by atoms with E-state index in [1.165, 1.54) is 6.07 Å². The first kappa shape index (κ1) is 22.8. The van der Waals surface area contributed by atoms with Crippen LogP contribution in [0.2, 0.25) is 0 Å². The quantitative estimate of drug-likeness (QED) is 0.555. The van der Waals surface area contributed by atoms with Crippen LogP contribution in [0.5, 0.6) is 0 Å². The molecule has 0 bridgehead atoms. The number of rotatable bonds is 2. The van der Waals surface area contributed by atoms with Gasteiger partial charge in [0.2, 0.25) is 0 Å². The summed E-state index contributed by atoms with van der Waals surface area (Å²) in [4.78, 5) is 9.27. The molecule has 0 amide bonds. The Morgan fingerprint density at radius 2 is 1.82 bits per heavy atom. The molecule has 0 aromatic carbocycles. The average Bonchev–Trinajstić information content (AvgIpc) is 3.31. The molecule has 1 spiro atoms. The number of nitrogens with zero attached hydrogens (tertiary/aromatic N) is 2. The van der Waals surface area contributed by atoms with Crippen molar-refractivity contribution in [2.45, 2.75) is 96.1 Å². The third kappa shape index (κ3) is 3.68. The van der Waals surface area contributed by atoms with Crippen molar-refractivity contribution in [3.05, 3.63) is 57.7 Å². The highest BCUT2D eigenvalue weighted by atomic mass is 19.4. The molecular weight excluding hydrogens is 429 g/mol. The molecular formula is C26H31F3N2O2. The number of fused-ring (bicyclic) bond motifs is 4. The van der Waals surface area contributed by atoms with Crippen LogP contribution in [0, 0.1) is 5.41 Å². The molecule has 3 heterocycles. The van der Waals surface area contributed by atoms with Crippen LogP contribution < -0.4 is 0 Å². The standard InChI is InChI=1S/C26H31F3N2O2/c1-14(2)22-20-21(19-17(31-22)11-24(3,4)12-18(19)32)25(9-5-6-10-25)33-23(20)16-8-7-15(13-30-16)26(27,28)29/h7-8,13-14,18,23,32H,5-6,9-12H2,1-4H3. The fourth-order valence-electron chi connectivity index (χ4n) is 6.12. The minimum atomic E-state index is -4.44. The maximum Gasteiger partial charge on any atom is 0.417 e. The van der Waals surface area contributed by atoms with Crippen LogP contribution in [-0.4, -0.2) is 15.1 Å². The molecule has 2 aliphatic carbocycles. The summed E-state index contributed by atoms with van der Waals surface area (Å²) >= 11 is 0. The number of aliphatic hydroxyl groups is 1. The predicted molar refractivity (Wildman–Crippen MR) is 118 cm³/mol. The molecule has 1 aliphatic heterocycles. The van der Waals surface area contributed by atoms with Gasteiger partial charge in [0.15, 0.2) is 0 Å². The fraction of sp³-hybridized carbons (Fsp3) is 0.615. The Labute approximate surface area is 192 Å². The zero-order chi connectivity index (χ0) is 23.8. The molecule has 178 valence electrons. The summed E-state index contributed by atoms with van der Waals surface area (Å²) in [6.45, 7) is 8.46. The highest BCUT2D eigenvalue weighted by Gasteiger charge is 2.53. The number of aliphatic hydroxyl groups excluding tert-OH is 1. The van der Waals surface area contributed by atoms with E-state index in [-0.39, 0.29) is 11.3 Å². The summed E-state index contributed by atoms with van der Waals surface area (Å²) in [5, 5.41) is 11.3. The van der Waals surface area contributed by atoms with Crippen LogP contribution in [0.15, 0.2) is 18.3 Å². The van der Waals surface area contributed by atoms with Crippen molar-refractivity contribution < 1.29 is 23.0 Å². The number of halogens is 3. The highest BCUT2D eigenvalue weighted by molar-refractivity contribution is 5.54. The number of hydrogen-bond donors (Lipinski definition) is 1. The molecule has 2 unspecified atom stereocenters. The van der Waals surface area contributed by atoms with Gasteiger partial charge in [0.05, 0.1) is 23.0 Å². The van der Waals surface area contributed by atoms with E-state index in [9.17, 15) is 18.3 Å². The topological polar surface area (TPSA) is 55.2 Å². The van der Waals surface area contributed by atoms with Crippen LogP contribution in [-0.2, 0) is 22.9 Å². The summed E-state index contributed by atoms with van der Waals surface area (Å²) in [6, 6.07) is 2.50. The van der Waals surface area contributed by atoms with E-state index < -0.39 is 29.5 Å². The Balaban J connectivity index is 1.73. The Bertz CT molecular complexity index is 1070. The summed E-state index contributed by atoms with van der Waals surface area (Å²) in [5.74, 6) is 0.100. The SMILES string of the molecule is CC(C)c1nc2c(c3c1C(c1ccc(C(F)(F)F)cn1)OC31CCCC1)C(O)CC(C)(C)C2. The van der Waals surface area contributed by atoms with Gasteiger partial charge in [-0.15, -0.1) is 0 Å². The van der Waals surface area contributed by atoms with Gasteiger partial charge in [-0.2, -0.15) is 13.2 Å². The lowest BCUT2D eigenvalue weighted by Crippen LogP contribution is -2.32. The van der Waals surface area contributed by atoms with E-state index in [0.29, 0.717) is 12.1 Å². The van der Waals surface area contributed by atoms with Gasteiger partial charge in [0.25, 0.3) is 0 Å². The minimum absolute atomic E-state index is 0.0570. The van der Waals surface area contributed by atoms with Crippen LogP contribution in [0.4, 0.5) is 13.2 Å². The number of hydrogen-bond acceptors (Lipinski definition) is 4. The zero-order valence-corrected chi connectivity index (χ0v) is 19.6. The minimum Gasteiger partial charge on any atom is -0.388 e. The number of alkyl halides is 3. The second-order valence-corrected chi connectivity index (χ2v) is 11.0. The third-order valence-electron chi connectivity index (χ3n) is 7.51. The van der Waals surface area contributed by atoms with Gasteiger partial charge in [-0.05, 0) is 54.7 Å². The Kier molecular flexibility index (Phi) is 5.18. The zero-order valence-electron chi connectivity index (χ0n) is 19.6. The summed E-state index contributed by atoms with van der Waals surface area (Å²) in [5.41, 5.74) is 3.79. The predicted octanol–water partition coefficient (Wildman–Crippen LogP) is 6.51. The monoisotopic (exact) mass is 460 g/mol. The first-order valence-corrected chi connectivity index (χ1v) is 11.9. The van der Waals surface area contributed by atoms with Gasteiger partial charge >= 0.3 is 6.18 Å². The molecule has 4 nitrogen and oxygen atoms in total. The van der Waals surface area contributed by atoms with Crippen molar-refractivity contribution in [1.29, 1.82) is 0 Å². The van der Waals surface area contributed by atoms with E-state index in [4.69, 9.17) is 9.72 Å². The van der Waals surface area contributed by atoms with Crippen molar-refractivity contribution in [3.63, 3.8) is 0 Å². The van der Waals surface area contributed by atoms with Gasteiger partial charge in [-0.3, -0.25) is 9.97 Å². The van der Waals surface area contributed by atoms with Crippen LogP contribution in [0.1, 0.15) is 117 Å². The van der Waals surface area contributed by atoms with E-state index >= 15 is 0 Å². The van der Waals surface area contributed by atoms with Gasteiger partial charge in [-0.1, -0.05) is 40.5 Å². The van der Waals surface area contributed by atoms with E-state index in [1.807, 2.05) is 0 Å². The summed E-state index contributed by atoms with van der Waals surface area (Å²) in [7, 11) is 0. The molecule has 5 rings (SSSR count). The van der Waals surface area contributed by atoms with Gasteiger partial charge in [0, 0.05) is 28.7 Å². The normalized spacial score (nSPS) is 25.5. The molecule has 0 saturated heterocycles. The first-order valence-electron chi connectivity index (χ1n) is 11.9. The second-order valence-electron chi connectivity index (χ2n) is 11.0. The molecule has 33 heavy (non-hydrogen) atoms. The molecule has 2 atom stereocenters. The lowest BCUT2D eigenvalue weighted by Gasteiger charge is -2.38. The first-order chi connectivity index (χ1) is 15.4. The molecule has 0 radical (unpaired) electrons. The molecule has 1 fully saturated rings.